The Morgan fingerprint density at radius 1 is 1.38 bits per heavy atom. The molecule has 0 amide bonds. The minimum Gasteiger partial charge on any atom is -0.306 e. The zero-order chi connectivity index (χ0) is 11.4. The fourth-order valence-corrected chi connectivity index (χ4v) is 2.99. The predicted molar refractivity (Wildman–Crippen MR) is 71.5 cm³/mol. The van der Waals surface area contributed by atoms with E-state index >= 15 is 0 Å². The normalized spacial score (nSPS) is 10.6. The van der Waals surface area contributed by atoms with Gasteiger partial charge in [0, 0.05) is 33.5 Å². The van der Waals surface area contributed by atoms with Crippen LogP contribution in [0.5, 0.6) is 0 Å². The SMILES string of the molecule is Cc1sc(CNCc2ccccn2)cc1Br. The number of halogens is 1. The molecule has 0 aliphatic carbocycles. The highest BCUT2D eigenvalue weighted by molar-refractivity contribution is 9.10. The number of nitrogens with one attached hydrogen (secondary N) is 1. The van der Waals surface area contributed by atoms with Crippen LogP contribution in [0.1, 0.15) is 15.4 Å². The highest BCUT2D eigenvalue weighted by Gasteiger charge is 2.02. The first-order valence-electron chi connectivity index (χ1n) is 5.11. The van der Waals surface area contributed by atoms with Crippen molar-refractivity contribution >= 4 is 27.3 Å². The van der Waals surface area contributed by atoms with E-state index in [-0.39, 0.29) is 0 Å². The van der Waals surface area contributed by atoms with E-state index in [9.17, 15) is 0 Å². The summed E-state index contributed by atoms with van der Waals surface area (Å²) in [5.41, 5.74) is 1.08. The Bertz CT molecular complexity index is 434. The second kappa shape index (κ2) is 5.57. The van der Waals surface area contributed by atoms with Crippen LogP contribution in [0.2, 0.25) is 0 Å². The molecule has 0 bridgehead atoms. The molecule has 84 valence electrons. The fraction of sp³-hybridized carbons (Fsp3) is 0.250. The lowest BCUT2D eigenvalue weighted by Gasteiger charge is -2.01. The van der Waals surface area contributed by atoms with Crippen LogP contribution in [-0.2, 0) is 13.1 Å². The summed E-state index contributed by atoms with van der Waals surface area (Å²) >= 11 is 5.34. The Kier molecular flexibility index (Phi) is 4.09. The summed E-state index contributed by atoms with van der Waals surface area (Å²) in [6, 6.07) is 8.15. The maximum Gasteiger partial charge on any atom is 0.0541 e. The summed E-state index contributed by atoms with van der Waals surface area (Å²) in [5, 5.41) is 3.39. The molecule has 2 heterocycles. The lowest BCUT2D eigenvalue weighted by Crippen LogP contribution is -2.12. The van der Waals surface area contributed by atoms with Crippen molar-refractivity contribution in [3.8, 4) is 0 Å². The Morgan fingerprint density at radius 2 is 2.25 bits per heavy atom. The van der Waals surface area contributed by atoms with Gasteiger partial charge in [-0.25, -0.2) is 0 Å². The van der Waals surface area contributed by atoms with Crippen LogP contribution in [-0.4, -0.2) is 4.98 Å². The molecule has 0 aliphatic rings. The van der Waals surface area contributed by atoms with Crippen LogP contribution < -0.4 is 5.32 Å². The van der Waals surface area contributed by atoms with Crippen molar-refractivity contribution in [2.24, 2.45) is 0 Å². The molecule has 2 aromatic rings. The molecule has 1 N–H and O–H groups in total. The van der Waals surface area contributed by atoms with Crippen molar-refractivity contribution in [3.05, 3.63) is 50.4 Å². The third kappa shape index (κ3) is 3.14. The minimum absolute atomic E-state index is 0.815. The van der Waals surface area contributed by atoms with Gasteiger partial charge in [0.05, 0.1) is 5.69 Å². The molecular formula is C12H13BrN2S. The third-order valence-electron chi connectivity index (χ3n) is 2.24. The van der Waals surface area contributed by atoms with Crippen LogP contribution >= 0.6 is 27.3 Å². The van der Waals surface area contributed by atoms with E-state index in [4.69, 9.17) is 0 Å². The lowest BCUT2D eigenvalue weighted by molar-refractivity contribution is 0.686. The molecule has 0 saturated carbocycles. The average molecular weight is 297 g/mol. The van der Waals surface area contributed by atoms with Crippen LogP contribution in [0.25, 0.3) is 0 Å². The number of pyridine rings is 1. The maximum atomic E-state index is 4.26. The van der Waals surface area contributed by atoms with Crippen molar-refractivity contribution in [2.75, 3.05) is 0 Å². The molecule has 0 saturated heterocycles. The topological polar surface area (TPSA) is 24.9 Å². The van der Waals surface area contributed by atoms with Gasteiger partial charge in [-0.05, 0) is 41.1 Å². The highest BCUT2D eigenvalue weighted by atomic mass is 79.9. The van der Waals surface area contributed by atoms with Gasteiger partial charge in [0.15, 0.2) is 0 Å². The Labute approximate surface area is 108 Å². The molecule has 0 unspecified atom stereocenters. The molecule has 16 heavy (non-hydrogen) atoms. The Balaban J connectivity index is 1.84. The number of nitrogens with zero attached hydrogens (tertiary/aromatic N) is 1. The van der Waals surface area contributed by atoms with Crippen molar-refractivity contribution in [3.63, 3.8) is 0 Å². The van der Waals surface area contributed by atoms with Gasteiger partial charge in [0.2, 0.25) is 0 Å². The number of hydrogen-bond donors (Lipinski definition) is 1. The van der Waals surface area contributed by atoms with Gasteiger partial charge in [0.25, 0.3) is 0 Å². The standard InChI is InChI=1S/C12H13BrN2S/c1-9-12(13)6-11(16-9)8-14-7-10-4-2-3-5-15-10/h2-6,14H,7-8H2,1H3. The van der Waals surface area contributed by atoms with E-state index in [2.05, 4.69) is 39.2 Å². The second-order valence-electron chi connectivity index (χ2n) is 3.54. The Morgan fingerprint density at radius 3 is 2.88 bits per heavy atom. The molecule has 4 heteroatoms. The summed E-state index contributed by atoms with van der Waals surface area (Å²) in [7, 11) is 0. The Hall–Kier alpha value is -0.710. The number of aromatic nitrogens is 1. The first-order chi connectivity index (χ1) is 7.75. The molecule has 0 aliphatic heterocycles. The van der Waals surface area contributed by atoms with Crippen molar-refractivity contribution in [1.82, 2.24) is 10.3 Å². The number of hydrogen-bond acceptors (Lipinski definition) is 3. The van der Waals surface area contributed by atoms with Gasteiger partial charge in [-0.1, -0.05) is 6.07 Å². The maximum absolute atomic E-state index is 4.26. The molecule has 0 atom stereocenters. The smallest absolute Gasteiger partial charge is 0.0541 e. The van der Waals surface area contributed by atoms with Crippen molar-refractivity contribution < 1.29 is 0 Å². The quantitative estimate of drug-likeness (QED) is 0.934. The summed E-state index contributed by atoms with van der Waals surface area (Å²) in [4.78, 5) is 6.94. The number of aryl methyl sites for hydroxylation is 1. The van der Waals surface area contributed by atoms with Gasteiger partial charge in [-0.15, -0.1) is 11.3 Å². The van der Waals surface area contributed by atoms with Gasteiger partial charge in [-0.2, -0.15) is 0 Å². The predicted octanol–water partition coefficient (Wildman–Crippen LogP) is 3.50. The highest BCUT2D eigenvalue weighted by Crippen LogP contribution is 2.26. The van der Waals surface area contributed by atoms with E-state index in [0.29, 0.717) is 0 Å². The van der Waals surface area contributed by atoms with E-state index in [1.807, 2.05) is 35.7 Å². The monoisotopic (exact) mass is 296 g/mol. The lowest BCUT2D eigenvalue weighted by atomic mass is 10.3. The summed E-state index contributed by atoms with van der Waals surface area (Å²) in [6.07, 6.45) is 1.82. The van der Waals surface area contributed by atoms with E-state index in [1.54, 1.807) is 0 Å². The van der Waals surface area contributed by atoms with Crippen LogP contribution in [0.15, 0.2) is 34.9 Å². The molecule has 0 spiro atoms. The zero-order valence-corrected chi connectivity index (χ0v) is 11.4. The number of thiophene rings is 1. The van der Waals surface area contributed by atoms with E-state index in [1.165, 1.54) is 14.2 Å². The minimum atomic E-state index is 0.815. The van der Waals surface area contributed by atoms with Crippen LogP contribution in [0, 0.1) is 6.92 Å². The summed E-state index contributed by atoms with van der Waals surface area (Å²) < 4.78 is 1.20. The molecular weight excluding hydrogens is 284 g/mol. The number of rotatable bonds is 4. The van der Waals surface area contributed by atoms with Gasteiger partial charge in [-0.3, -0.25) is 4.98 Å². The van der Waals surface area contributed by atoms with Crippen molar-refractivity contribution in [2.45, 2.75) is 20.0 Å². The molecule has 2 aromatic heterocycles. The fourth-order valence-electron chi connectivity index (χ4n) is 1.42. The molecule has 0 radical (unpaired) electrons. The van der Waals surface area contributed by atoms with Gasteiger partial charge < -0.3 is 5.32 Å². The van der Waals surface area contributed by atoms with Crippen LogP contribution in [0.3, 0.4) is 0 Å². The molecule has 2 rings (SSSR count). The first-order valence-corrected chi connectivity index (χ1v) is 6.72. The summed E-state index contributed by atoms with van der Waals surface area (Å²) in [5.74, 6) is 0. The molecule has 2 nitrogen and oxygen atoms in total. The van der Waals surface area contributed by atoms with Crippen LogP contribution in [0.4, 0.5) is 0 Å². The second-order valence-corrected chi connectivity index (χ2v) is 5.74. The zero-order valence-electron chi connectivity index (χ0n) is 9.03. The average Bonchev–Trinajstić information content (AvgIpc) is 2.60. The molecule has 0 aromatic carbocycles. The van der Waals surface area contributed by atoms with Crippen molar-refractivity contribution in [1.29, 1.82) is 0 Å². The van der Waals surface area contributed by atoms with E-state index in [0.717, 1.165) is 18.8 Å². The molecule has 0 fully saturated rings. The van der Waals surface area contributed by atoms with Gasteiger partial charge >= 0.3 is 0 Å². The first kappa shape index (κ1) is 11.8. The third-order valence-corrected chi connectivity index (χ3v) is 4.38. The summed E-state index contributed by atoms with van der Waals surface area (Å²) in [6.45, 7) is 3.83. The van der Waals surface area contributed by atoms with Gasteiger partial charge in [0.1, 0.15) is 0 Å². The van der Waals surface area contributed by atoms with E-state index < -0.39 is 0 Å². The largest absolute Gasteiger partial charge is 0.306 e.